The summed E-state index contributed by atoms with van der Waals surface area (Å²) in [5.74, 6) is 1.81. The number of aromatic nitrogens is 4. The molecule has 4 aromatic rings. The number of furan rings is 1. The van der Waals surface area contributed by atoms with Crippen LogP contribution < -0.4 is 10.2 Å². The summed E-state index contributed by atoms with van der Waals surface area (Å²) in [4.78, 5) is 15.8. The second-order valence-corrected chi connectivity index (χ2v) is 6.81. The largest absolute Gasteiger partial charge is 0.459 e. The van der Waals surface area contributed by atoms with Crippen LogP contribution in [0.2, 0.25) is 0 Å². The Balaban J connectivity index is 1.49. The Morgan fingerprint density at radius 2 is 2.07 bits per heavy atom. The summed E-state index contributed by atoms with van der Waals surface area (Å²) in [6.45, 7) is 0.924. The van der Waals surface area contributed by atoms with E-state index in [9.17, 15) is 5.11 Å². The van der Waals surface area contributed by atoms with Crippen molar-refractivity contribution in [3.8, 4) is 5.69 Å². The molecule has 0 unspecified atom stereocenters. The van der Waals surface area contributed by atoms with Crippen molar-refractivity contribution in [2.24, 2.45) is 0 Å². The van der Waals surface area contributed by atoms with E-state index in [0.29, 0.717) is 23.2 Å². The molecule has 5 rings (SSSR count). The zero-order chi connectivity index (χ0) is 18.9. The predicted molar refractivity (Wildman–Crippen MR) is 106 cm³/mol. The van der Waals surface area contributed by atoms with E-state index in [1.165, 1.54) is 0 Å². The Bertz CT molecular complexity index is 1090. The third kappa shape index (κ3) is 2.97. The van der Waals surface area contributed by atoms with E-state index in [1.807, 2.05) is 47.2 Å². The summed E-state index contributed by atoms with van der Waals surface area (Å²) in [5.41, 5.74) is 2.33. The first kappa shape index (κ1) is 16.8. The fraction of sp³-hybridized carbons (Fsp3) is 0.250. The Morgan fingerprint density at radius 1 is 1.18 bits per heavy atom. The topological polar surface area (TPSA) is 92.2 Å². The van der Waals surface area contributed by atoms with Gasteiger partial charge < -0.3 is 24.3 Å². The average molecular weight is 376 g/mol. The van der Waals surface area contributed by atoms with Crippen LogP contribution in [0.3, 0.4) is 0 Å². The lowest BCUT2D eigenvalue weighted by Crippen LogP contribution is -2.33. The second kappa shape index (κ2) is 6.97. The number of imidazole rings is 1. The van der Waals surface area contributed by atoms with Gasteiger partial charge in [-0.15, -0.1) is 0 Å². The van der Waals surface area contributed by atoms with Crippen LogP contribution in [0.4, 0.5) is 17.6 Å². The van der Waals surface area contributed by atoms with Crippen LogP contribution >= 0.6 is 0 Å². The first-order valence-electron chi connectivity index (χ1n) is 9.31. The van der Waals surface area contributed by atoms with Crippen molar-refractivity contribution in [1.82, 2.24) is 19.5 Å². The first-order valence-corrected chi connectivity index (χ1v) is 9.31. The van der Waals surface area contributed by atoms with E-state index in [0.717, 1.165) is 30.6 Å². The summed E-state index contributed by atoms with van der Waals surface area (Å²) >= 11 is 0. The normalized spacial score (nSPS) is 16.8. The average Bonchev–Trinajstić information content (AvgIpc) is 3.48. The number of anilines is 3. The number of rotatable bonds is 5. The van der Waals surface area contributed by atoms with Gasteiger partial charge in [-0.3, -0.25) is 0 Å². The maximum Gasteiger partial charge on any atom is 0.228 e. The van der Waals surface area contributed by atoms with Crippen LogP contribution in [0.1, 0.15) is 12.8 Å². The molecular formula is C20H20N6O2. The fourth-order valence-electron chi connectivity index (χ4n) is 3.60. The minimum absolute atomic E-state index is 0.0505. The molecule has 1 saturated heterocycles. The van der Waals surface area contributed by atoms with Gasteiger partial charge in [0.05, 0.1) is 25.1 Å². The molecule has 1 atom stereocenters. The second-order valence-electron chi connectivity index (χ2n) is 6.81. The number of aliphatic hydroxyl groups is 1. The van der Waals surface area contributed by atoms with E-state index in [2.05, 4.69) is 25.2 Å². The molecule has 1 aliphatic rings. The first-order chi connectivity index (χ1) is 13.8. The van der Waals surface area contributed by atoms with Crippen LogP contribution in [0, 0.1) is 0 Å². The van der Waals surface area contributed by atoms with Crippen molar-refractivity contribution >= 4 is 28.7 Å². The molecular weight excluding hydrogens is 356 g/mol. The van der Waals surface area contributed by atoms with Gasteiger partial charge >= 0.3 is 0 Å². The molecule has 1 aliphatic heterocycles. The fourth-order valence-corrected chi connectivity index (χ4v) is 3.60. The van der Waals surface area contributed by atoms with E-state index >= 15 is 0 Å². The van der Waals surface area contributed by atoms with Gasteiger partial charge in [0.2, 0.25) is 5.95 Å². The Morgan fingerprint density at radius 3 is 2.93 bits per heavy atom. The van der Waals surface area contributed by atoms with Crippen LogP contribution in [0.15, 0.2) is 59.6 Å². The zero-order valence-corrected chi connectivity index (χ0v) is 15.2. The highest BCUT2D eigenvalue weighted by Gasteiger charge is 2.27. The lowest BCUT2D eigenvalue weighted by Gasteiger charge is -2.23. The molecule has 8 heteroatoms. The number of para-hydroxylation sites is 1. The molecule has 142 valence electrons. The molecule has 0 aliphatic carbocycles. The molecule has 0 saturated carbocycles. The summed E-state index contributed by atoms with van der Waals surface area (Å²) in [6, 6.07) is 11.8. The van der Waals surface area contributed by atoms with Crippen molar-refractivity contribution in [3.63, 3.8) is 0 Å². The van der Waals surface area contributed by atoms with Crippen LogP contribution in [-0.4, -0.2) is 43.8 Å². The highest BCUT2D eigenvalue weighted by atomic mass is 16.3. The Kier molecular flexibility index (Phi) is 4.17. The van der Waals surface area contributed by atoms with Gasteiger partial charge in [0.1, 0.15) is 17.7 Å². The maximum absolute atomic E-state index is 9.64. The molecule has 0 amide bonds. The standard InChI is InChI=1S/C20H20N6O2/c27-12-15-7-4-9-26(15)20-22-16-8-10-28-18(16)19(24-20)23-17-11-25(13-21-17)14-5-2-1-3-6-14/h1-3,5-6,8,10-11,13,15,27H,4,7,9,12H2,(H,22,23,24)/t15-/m0/s1. The van der Waals surface area contributed by atoms with Crippen LogP contribution in [0.5, 0.6) is 0 Å². The van der Waals surface area contributed by atoms with Crippen molar-refractivity contribution < 1.29 is 9.52 Å². The van der Waals surface area contributed by atoms with Gasteiger partial charge in [0.25, 0.3) is 0 Å². The van der Waals surface area contributed by atoms with Gasteiger partial charge in [-0.1, -0.05) is 18.2 Å². The molecule has 1 aromatic carbocycles. The monoisotopic (exact) mass is 376 g/mol. The van der Waals surface area contributed by atoms with Gasteiger partial charge in [0, 0.05) is 18.3 Å². The summed E-state index contributed by atoms with van der Waals surface area (Å²) in [5, 5.41) is 12.9. The quantitative estimate of drug-likeness (QED) is 0.553. The van der Waals surface area contributed by atoms with E-state index in [4.69, 9.17) is 4.42 Å². The molecule has 2 N–H and O–H groups in total. The molecule has 4 heterocycles. The highest BCUT2D eigenvalue weighted by Crippen LogP contribution is 2.30. The van der Waals surface area contributed by atoms with Crippen LogP contribution in [-0.2, 0) is 0 Å². The van der Waals surface area contributed by atoms with Gasteiger partial charge in [0.15, 0.2) is 11.4 Å². The summed E-state index contributed by atoms with van der Waals surface area (Å²) in [7, 11) is 0. The Labute approximate surface area is 161 Å². The van der Waals surface area contributed by atoms with Crippen molar-refractivity contribution in [2.75, 3.05) is 23.4 Å². The molecule has 8 nitrogen and oxygen atoms in total. The molecule has 28 heavy (non-hydrogen) atoms. The van der Waals surface area contributed by atoms with Gasteiger partial charge in [-0.05, 0) is 25.0 Å². The number of hydrogen-bond donors (Lipinski definition) is 2. The lowest BCUT2D eigenvalue weighted by atomic mass is 10.2. The summed E-state index contributed by atoms with van der Waals surface area (Å²) in [6.07, 6.45) is 7.21. The van der Waals surface area contributed by atoms with Crippen molar-refractivity contribution in [2.45, 2.75) is 18.9 Å². The third-order valence-corrected chi connectivity index (χ3v) is 5.02. The number of aliphatic hydroxyl groups excluding tert-OH is 1. The molecule has 0 spiro atoms. The molecule has 1 fully saturated rings. The number of benzene rings is 1. The number of nitrogens with zero attached hydrogens (tertiary/aromatic N) is 5. The SMILES string of the molecule is OC[C@@H]1CCCN1c1nc(Nc2cn(-c3ccccc3)cn2)c2occc2n1. The van der Waals surface area contributed by atoms with Gasteiger partial charge in [-0.25, -0.2) is 9.97 Å². The smallest absolute Gasteiger partial charge is 0.228 e. The van der Waals surface area contributed by atoms with Crippen molar-refractivity contribution in [1.29, 1.82) is 0 Å². The minimum atomic E-state index is 0.0505. The molecule has 0 radical (unpaired) electrons. The third-order valence-electron chi connectivity index (χ3n) is 5.02. The maximum atomic E-state index is 9.64. The lowest BCUT2D eigenvalue weighted by molar-refractivity contribution is 0.265. The number of hydrogen-bond acceptors (Lipinski definition) is 7. The molecule has 0 bridgehead atoms. The minimum Gasteiger partial charge on any atom is -0.459 e. The number of fused-ring (bicyclic) bond motifs is 1. The van der Waals surface area contributed by atoms with E-state index < -0.39 is 0 Å². The van der Waals surface area contributed by atoms with Gasteiger partial charge in [-0.2, -0.15) is 4.98 Å². The van der Waals surface area contributed by atoms with E-state index in [-0.39, 0.29) is 12.6 Å². The molecule has 3 aromatic heterocycles. The van der Waals surface area contributed by atoms with E-state index in [1.54, 1.807) is 12.6 Å². The summed E-state index contributed by atoms with van der Waals surface area (Å²) < 4.78 is 7.53. The zero-order valence-electron chi connectivity index (χ0n) is 15.2. The predicted octanol–water partition coefficient (Wildman–Crippen LogP) is 3.11. The van der Waals surface area contributed by atoms with Crippen LogP contribution in [0.25, 0.3) is 16.8 Å². The Hall–Kier alpha value is -3.39. The van der Waals surface area contributed by atoms with Crippen molar-refractivity contribution in [3.05, 3.63) is 55.2 Å². The number of nitrogens with one attached hydrogen (secondary N) is 1. The highest BCUT2D eigenvalue weighted by molar-refractivity contribution is 5.86.